The summed E-state index contributed by atoms with van der Waals surface area (Å²) in [6, 6.07) is 0. The third kappa shape index (κ3) is 2.25. The van der Waals surface area contributed by atoms with Gasteiger partial charge in [0.25, 0.3) is 0 Å². The molecule has 0 aromatic heterocycles. The van der Waals surface area contributed by atoms with Crippen molar-refractivity contribution in [2.24, 2.45) is 10.8 Å². The number of hydrogen-bond donors (Lipinski definition) is 1. The van der Waals surface area contributed by atoms with E-state index in [1.807, 2.05) is 0 Å². The normalized spacial score (nSPS) is 30.0. The van der Waals surface area contributed by atoms with Crippen LogP contribution in [0.25, 0.3) is 0 Å². The maximum atomic E-state index is 12.4. The average Bonchev–Trinajstić information content (AvgIpc) is 3.09. The fourth-order valence-corrected chi connectivity index (χ4v) is 3.24. The summed E-state index contributed by atoms with van der Waals surface area (Å²) in [4.78, 5) is 25.4. The van der Waals surface area contributed by atoms with Crippen molar-refractivity contribution in [2.75, 3.05) is 13.1 Å². The van der Waals surface area contributed by atoms with Crippen LogP contribution in [0.15, 0.2) is 0 Å². The Labute approximate surface area is 108 Å². The lowest BCUT2D eigenvalue weighted by atomic mass is 9.78. The van der Waals surface area contributed by atoms with E-state index in [9.17, 15) is 14.7 Å². The number of likely N-dealkylation sites (tertiary alicyclic amines) is 1. The fourth-order valence-electron chi connectivity index (χ4n) is 3.24. The van der Waals surface area contributed by atoms with E-state index in [0.29, 0.717) is 12.8 Å². The molecule has 2 aliphatic rings. The molecule has 4 heteroatoms. The van der Waals surface area contributed by atoms with Gasteiger partial charge in [0.05, 0.1) is 0 Å². The summed E-state index contributed by atoms with van der Waals surface area (Å²) in [5, 5.41) is 9.19. The summed E-state index contributed by atoms with van der Waals surface area (Å²) in [5.74, 6) is -1.08. The first-order valence-corrected chi connectivity index (χ1v) is 6.96. The Morgan fingerprint density at radius 3 is 2.44 bits per heavy atom. The van der Waals surface area contributed by atoms with E-state index in [0.717, 1.165) is 38.8 Å². The minimum atomic E-state index is -1.07. The maximum absolute atomic E-state index is 12.4. The van der Waals surface area contributed by atoms with Crippen molar-refractivity contribution in [2.45, 2.75) is 52.4 Å². The molecule has 1 atom stereocenters. The zero-order chi connectivity index (χ0) is 13.4. The lowest BCUT2D eigenvalue weighted by Gasteiger charge is -2.41. The van der Waals surface area contributed by atoms with Crippen molar-refractivity contribution in [1.29, 1.82) is 0 Å². The number of carboxylic acids is 1. The van der Waals surface area contributed by atoms with Crippen molar-refractivity contribution in [1.82, 2.24) is 4.90 Å². The topological polar surface area (TPSA) is 57.6 Å². The summed E-state index contributed by atoms with van der Waals surface area (Å²) in [5.41, 5.74) is -0.887. The Hall–Kier alpha value is -1.06. The van der Waals surface area contributed by atoms with Crippen LogP contribution < -0.4 is 0 Å². The number of piperidine rings is 1. The fraction of sp³-hybridized carbons (Fsp3) is 0.857. The molecule has 1 saturated heterocycles. The van der Waals surface area contributed by atoms with Gasteiger partial charge in [-0.1, -0.05) is 20.3 Å². The third-order valence-electron chi connectivity index (χ3n) is 4.49. The Morgan fingerprint density at radius 2 is 1.94 bits per heavy atom. The van der Waals surface area contributed by atoms with Crippen LogP contribution >= 0.6 is 0 Å². The minimum absolute atomic E-state index is 0.142. The molecule has 1 saturated carbocycles. The first-order chi connectivity index (χ1) is 8.43. The second-order valence-corrected chi connectivity index (χ2v) is 6.28. The maximum Gasteiger partial charge on any atom is 0.319 e. The summed E-state index contributed by atoms with van der Waals surface area (Å²) >= 11 is 0. The molecule has 1 heterocycles. The van der Waals surface area contributed by atoms with Crippen molar-refractivity contribution >= 4 is 11.9 Å². The summed E-state index contributed by atoms with van der Waals surface area (Å²) in [6.07, 6.45) is 5.40. The van der Waals surface area contributed by atoms with Crippen molar-refractivity contribution in [3.05, 3.63) is 0 Å². The van der Waals surface area contributed by atoms with Crippen LogP contribution in [0.5, 0.6) is 0 Å². The minimum Gasteiger partial charge on any atom is -0.480 e. The number of amides is 1. The van der Waals surface area contributed by atoms with Gasteiger partial charge in [-0.05, 0) is 37.5 Å². The Morgan fingerprint density at radius 1 is 1.28 bits per heavy atom. The first kappa shape index (κ1) is 13.4. The predicted octanol–water partition coefficient (Wildman–Crippen LogP) is 2.28. The number of carboxylic acid groups (broad SMARTS) is 1. The Balaban J connectivity index is 2.05. The number of aliphatic carboxylic acids is 1. The number of hydrogen-bond acceptors (Lipinski definition) is 2. The zero-order valence-electron chi connectivity index (χ0n) is 11.4. The molecule has 4 nitrogen and oxygen atoms in total. The zero-order valence-corrected chi connectivity index (χ0v) is 11.4. The predicted molar refractivity (Wildman–Crippen MR) is 68.1 cm³/mol. The van der Waals surface area contributed by atoms with E-state index >= 15 is 0 Å². The average molecular weight is 253 g/mol. The van der Waals surface area contributed by atoms with Gasteiger partial charge >= 0.3 is 5.97 Å². The summed E-state index contributed by atoms with van der Waals surface area (Å²) < 4.78 is 0. The SMILES string of the molecule is CCCC1(C)CCCN(C(=O)C2(C(=O)O)CC2)C1. The summed E-state index contributed by atoms with van der Waals surface area (Å²) in [6.45, 7) is 5.84. The van der Waals surface area contributed by atoms with Gasteiger partial charge in [0.2, 0.25) is 5.91 Å². The smallest absolute Gasteiger partial charge is 0.319 e. The van der Waals surface area contributed by atoms with E-state index < -0.39 is 11.4 Å². The molecule has 1 unspecified atom stereocenters. The number of rotatable bonds is 4. The van der Waals surface area contributed by atoms with Crippen molar-refractivity contribution in [3.8, 4) is 0 Å². The molecule has 2 rings (SSSR count). The van der Waals surface area contributed by atoms with E-state index in [1.54, 1.807) is 4.90 Å². The molecule has 1 aliphatic heterocycles. The van der Waals surface area contributed by atoms with Gasteiger partial charge in [0, 0.05) is 13.1 Å². The van der Waals surface area contributed by atoms with Gasteiger partial charge in [0.1, 0.15) is 5.41 Å². The van der Waals surface area contributed by atoms with E-state index in [2.05, 4.69) is 13.8 Å². The lowest BCUT2D eigenvalue weighted by molar-refractivity contribution is -0.155. The number of carbonyl (C=O) groups excluding carboxylic acids is 1. The van der Waals surface area contributed by atoms with Crippen LogP contribution in [0, 0.1) is 10.8 Å². The number of carbonyl (C=O) groups is 2. The van der Waals surface area contributed by atoms with Gasteiger partial charge in [-0.2, -0.15) is 0 Å². The Kier molecular flexibility index (Phi) is 3.39. The highest BCUT2D eigenvalue weighted by Crippen LogP contribution is 2.48. The Bertz CT molecular complexity index is 358. The molecular weight excluding hydrogens is 230 g/mol. The second-order valence-electron chi connectivity index (χ2n) is 6.28. The molecule has 0 aromatic rings. The van der Waals surface area contributed by atoms with Crippen molar-refractivity contribution in [3.63, 3.8) is 0 Å². The van der Waals surface area contributed by atoms with E-state index in [4.69, 9.17) is 0 Å². The number of nitrogens with zero attached hydrogens (tertiary/aromatic N) is 1. The molecule has 0 bridgehead atoms. The largest absolute Gasteiger partial charge is 0.480 e. The van der Waals surface area contributed by atoms with Gasteiger partial charge in [0.15, 0.2) is 0 Å². The molecule has 0 radical (unpaired) electrons. The monoisotopic (exact) mass is 253 g/mol. The van der Waals surface area contributed by atoms with E-state index in [1.165, 1.54) is 0 Å². The lowest BCUT2D eigenvalue weighted by Crippen LogP contribution is -2.49. The second kappa shape index (κ2) is 4.56. The van der Waals surface area contributed by atoms with Gasteiger partial charge < -0.3 is 10.0 Å². The van der Waals surface area contributed by atoms with E-state index in [-0.39, 0.29) is 11.3 Å². The quantitative estimate of drug-likeness (QED) is 0.782. The molecular formula is C14H23NO3. The van der Waals surface area contributed by atoms with Crippen LogP contribution in [0.4, 0.5) is 0 Å². The van der Waals surface area contributed by atoms with Crippen LogP contribution in [0.3, 0.4) is 0 Å². The van der Waals surface area contributed by atoms with Crippen LogP contribution in [0.2, 0.25) is 0 Å². The highest BCUT2D eigenvalue weighted by atomic mass is 16.4. The molecule has 1 aliphatic carbocycles. The highest BCUT2D eigenvalue weighted by molar-refractivity contribution is 6.04. The molecule has 18 heavy (non-hydrogen) atoms. The van der Waals surface area contributed by atoms with Crippen molar-refractivity contribution < 1.29 is 14.7 Å². The van der Waals surface area contributed by atoms with Crippen LogP contribution in [-0.4, -0.2) is 35.0 Å². The summed E-state index contributed by atoms with van der Waals surface area (Å²) in [7, 11) is 0. The van der Waals surface area contributed by atoms with Gasteiger partial charge in [-0.25, -0.2) is 0 Å². The van der Waals surface area contributed by atoms with Crippen LogP contribution in [0.1, 0.15) is 52.4 Å². The standard InChI is InChI=1S/C14H23NO3/c1-3-5-13(2)6-4-9-15(10-13)11(16)14(7-8-14)12(17)18/h3-10H2,1-2H3,(H,17,18). The molecule has 0 spiro atoms. The third-order valence-corrected chi connectivity index (χ3v) is 4.49. The molecule has 2 fully saturated rings. The molecule has 0 aromatic carbocycles. The first-order valence-electron chi connectivity index (χ1n) is 6.96. The van der Waals surface area contributed by atoms with Gasteiger partial charge in [-0.15, -0.1) is 0 Å². The molecule has 102 valence electrons. The molecule has 1 N–H and O–H groups in total. The van der Waals surface area contributed by atoms with Gasteiger partial charge in [-0.3, -0.25) is 9.59 Å². The highest BCUT2D eigenvalue weighted by Gasteiger charge is 2.59. The van der Waals surface area contributed by atoms with Crippen LogP contribution in [-0.2, 0) is 9.59 Å². The molecule has 1 amide bonds.